The highest BCUT2D eigenvalue weighted by Gasteiger charge is 2.14. The molecule has 0 aromatic heterocycles. The van der Waals surface area contributed by atoms with Gasteiger partial charge in [0.05, 0.1) is 5.92 Å². The van der Waals surface area contributed by atoms with Crippen LogP contribution in [-0.4, -0.2) is 25.2 Å². The van der Waals surface area contributed by atoms with Crippen LogP contribution in [0.1, 0.15) is 25.3 Å². The van der Waals surface area contributed by atoms with E-state index in [9.17, 15) is 9.59 Å². The van der Waals surface area contributed by atoms with Crippen molar-refractivity contribution >= 4 is 17.7 Å². The standard InChI is InChI=1S/C16H19N5O4/c1-12(15(22)24-10-8-17)5-4-9-19-16(23)25-11-13-6-2-3-7-14(13)20-21-18/h2-3,6-7,12H,4-5,9-11H2,1H3,(H,19,23)/t12-/m0/s1. The first-order chi connectivity index (χ1) is 12.1. The van der Waals surface area contributed by atoms with Gasteiger partial charge in [-0.2, -0.15) is 5.26 Å². The molecule has 132 valence electrons. The van der Waals surface area contributed by atoms with Gasteiger partial charge in [0.2, 0.25) is 0 Å². The van der Waals surface area contributed by atoms with Crippen molar-refractivity contribution < 1.29 is 19.1 Å². The van der Waals surface area contributed by atoms with E-state index in [-0.39, 0.29) is 19.1 Å². The summed E-state index contributed by atoms with van der Waals surface area (Å²) >= 11 is 0. The van der Waals surface area contributed by atoms with Gasteiger partial charge in [-0.1, -0.05) is 36.3 Å². The number of carbonyl (C=O) groups is 2. The van der Waals surface area contributed by atoms with Crippen molar-refractivity contribution in [3.8, 4) is 6.07 Å². The van der Waals surface area contributed by atoms with Crippen molar-refractivity contribution in [1.29, 1.82) is 5.26 Å². The van der Waals surface area contributed by atoms with Crippen LogP contribution in [0.4, 0.5) is 10.5 Å². The van der Waals surface area contributed by atoms with E-state index in [0.29, 0.717) is 30.6 Å². The molecule has 0 aliphatic heterocycles. The lowest BCUT2D eigenvalue weighted by molar-refractivity contribution is -0.146. The number of esters is 1. The zero-order valence-electron chi connectivity index (χ0n) is 13.8. The van der Waals surface area contributed by atoms with E-state index < -0.39 is 12.1 Å². The average Bonchev–Trinajstić information content (AvgIpc) is 2.62. The van der Waals surface area contributed by atoms with Crippen molar-refractivity contribution in [3.63, 3.8) is 0 Å². The summed E-state index contributed by atoms with van der Waals surface area (Å²) in [6.07, 6.45) is 0.479. The fourth-order valence-corrected chi connectivity index (χ4v) is 1.94. The van der Waals surface area contributed by atoms with Gasteiger partial charge in [0.15, 0.2) is 6.61 Å². The van der Waals surface area contributed by atoms with Crippen LogP contribution in [0, 0.1) is 17.2 Å². The number of nitrogens with zero attached hydrogens (tertiary/aromatic N) is 4. The molecule has 0 unspecified atom stereocenters. The number of amides is 1. The Hall–Kier alpha value is -3.24. The Morgan fingerprint density at radius 3 is 2.88 bits per heavy atom. The van der Waals surface area contributed by atoms with Gasteiger partial charge in [0.1, 0.15) is 12.7 Å². The summed E-state index contributed by atoms with van der Waals surface area (Å²) in [4.78, 5) is 25.8. The van der Waals surface area contributed by atoms with Crippen LogP contribution >= 0.6 is 0 Å². The zero-order chi connectivity index (χ0) is 18.5. The first-order valence-electron chi connectivity index (χ1n) is 7.65. The first kappa shape index (κ1) is 19.8. The summed E-state index contributed by atoms with van der Waals surface area (Å²) in [6, 6.07) is 8.53. The largest absolute Gasteiger partial charge is 0.450 e. The Labute approximate surface area is 145 Å². The van der Waals surface area contributed by atoms with E-state index in [2.05, 4.69) is 15.3 Å². The third-order valence-electron chi connectivity index (χ3n) is 3.27. The molecule has 0 heterocycles. The summed E-state index contributed by atoms with van der Waals surface area (Å²) in [5.41, 5.74) is 9.49. The van der Waals surface area contributed by atoms with Gasteiger partial charge in [-0.25, -0.2) is 4.79 Å². The zero-order valence-corrected chi connectivity index (χ0v) is 13.8. The Bertz CT molecular complexity index is 679. The second-order valence-electron chi connectivity index (χ2n) is 5.13. The SMILES string of the molecule is C[C@@H](CCCNC(=O)OCc1ccccc1N=[N+]=[N-])C(=O)OCC#N. The molecular formula is C16H19N5O4. The van der Waals surface area contributed by atoms with Gasteiger partial charge in [0.25, 0.3) is 0 Å². The number of benzene rings is 1. The molecule has 9 heteroatoms. The number of ether oxygens (including phenoxy) is 2. The maximum atomic E-state index is 11.6. The van der Waals surface area contributed by atoms with Crippen LogP contribution < -0.4 is 5.32 Å². The van der Waals surface area contributed by atoms with Crippen molar-refractivity contribution in [2.45, 2.75) is 26.4 Å². The smallest absolute Gasteiger partial charge is 0.407 e. The fourth-order valence-electron chi connectivity index (χ4n) is 1.94. The molecule has 0 bridgehead atoms. The molecule has 0 spiro atoms. The molecule has 0 aliphatic carbocycles. The molecule has 1 amide bonds. The van der Waals surface area contributed by atoms with E-state index in [4.69, 9.17) is 20.3 Å². The van der Waals surface area contributed by atoms with Crippen LogP contribution in [0.5, 0.6) is 0 Å². The van der Waals surface area contributed by atoms with Gasteiger partial charge in [0, 0.05) is 17.1 Å². The average molecular weight is 345 g/mol. The van der Waals surface area contributed by atoms with Gasteiger partial charge in [-0.3, -0.25) is 4.79 Å². The Balaban J connectivity index is 2.27. The van der Waals surface area contributed by atoms with Crippen molar-refractivity contribution in [3.05, 3.63) is 40.3 Å². The molecule has 0 aliphatic rings. The van der Waals surface area contributed by atoms with Crippen LogP contribution in [0.15, 0.2) is 29.4 Å². The summed E-state index contributed by atoms with van der Waals surface area (Å²) in [5, 5.41) is 14.4. The van der Waals surface area contributed by atoms with Gasteiger partial charge in [-0.15, -0.1) is 0 Å². The second-order valence-corrected chi connectivity index (χ2v) is 5.13. The highest BCUT2D eigenvalue weighted by Crippen LogP contribution is 2.19. The lowest BCUT2D eigenvalue weighted by Crippen LogP contribution is -2.26. The molecule has 1 atom stereocenters. The van der Waals surface area contributed by atoms with Crippen LogP contribution in [0.2, 0.25) is 0 Å². The molecule has 1 aromatic rings. The van der Waals surface area contributed by atoms with Crippen LogP contribution in [0.25, 0.3) is 10.4 Å². The molecule has 25 heavy (non-hydrogen) atoms. The molecule has 0 fully saturated rings. The number of hydrogen-bond acceptors (Lipinski definition) is 6. The lowest BCUT2D eigenvalue weighted by Gasteiger charge is -2.11. The van der Waals surface area contributed by atoms with Crippen LogP contribution in [-0.2, 0) is 20.9 Å². The number of alkyl carbamates (subject to hydrolysis) is 1. The van der Waals surface area contributed by atoms with E-state index in [1.54, 1.807) is 37.3 Å². The second kappa shape index (κ2) is 11.3. The van der Waals surface area contributed by atoms with E-state index in [1.807, 2.05) is 0 Å². The molecule has 0 radical (unpaired) electrons. The number of carbonyl (C=O) groups excluding carboxylic acids is 2. The third kappa shape index (κ3) is 7.72. The minimum atomic E-state index is -0.601. The van der Waals surface area contributed by atoms with E-state index in [0.717, 1.165) is 0 Å². The summed E-state index contributed by atoms with van der Waals surface area (Å²) in [6.45, 7) is 1.76. The van der Waals surface area contributed by atoms with Crippen molar-refractivity contribution in [2.75, 3.05) is 13.2 Å². The summed E-state index contributed by atoms with van der Waals surface area (Å²) in [5.74, 6) is -0.777. The highest BCUT2D eigenvalue weighted by molar-refractivity contribution is 5.72. The number of azide groups is 1. The molecular weight excluding hydrogens is 326 g/mol. The van der Waals surface area contributed by atoms with Crippen molar-refractivity contribution in [2.24, 2.45) is 11.0 Å². The fraction of sp³-hybridized carbons (Fsp3) is 0.438. The maximum Gasteiger partial charge on any atom is 0.407 e. The Morgan fingerprint density at radius 2 is 2.16 bits per heavy atom. The molecule has 1 aromatic carbocycles. The quantitative estimate of drug-likeness (QED) is 0.240. The minimum absolute atomic E-state index is 0.0160. The molecule has 1 rings (SSSR count). The number of rotatable bonds is 9. The van der Waals surface area contributed by atoms with Crippen molar-refractivity contribution in [1.82, 2.24) is 5.32 Å². The predicted octanol–water partition coefficient (Wildman–Crippen LogP) is 3.34. The topological polar surface area (TPSA) is 137 Å². The lowest BCUT2D eigenvalue weighted by atomic mass is 10.1. The first-order valence-corrected chi connectivity index (χ1v) is 7.65. The normalized spacial score (nSPS) is 10.7. The van der Waals surface area contributed by atoms with Gasteiger partial charge >= 0.3 is 12.1 Å². The predicted molar refractivity (Wildman–Crippen MR) is 88.4 cm³/mol. The molecule has 9 nitrogen and oxygen atoms in total. The Kier molecular flexibility index (Phi) is 8.97. The number of hydrogen-bond donors (Lipinski definition) is 1. The maximum absolute atomic E-state index is 11.6. The summed E-state index contributed by atoms with van der Waals surface area (Å²) < 4.78 is 9.76. The van der Waals surface area contributed by atoms with Crippen LogP contribution in [0.3, 0.4) is 0 Å². The monoisotopic (exact) mass is 345 g/mol. The third-order valence-corrected chi connectivity index (χ3v) is 3.27. The van der Waals surface area contributed by atoms with Gasteiger partial charge < -0.3 is 14.8 Å². The molecule has 0 saturated heterocycles. The summed E-state index contributed by atoms with van der Waals surface area (Å²) in [7, 11) is 0. The molecule has 1 N–H and O–H groups in total. The molecule has 0 saturated carbocycles. The Morgan fingerprint density at radius 1 is 1.40 bits per heavy atom. The number of nitrogens with one attached hydrogen (secondary N) is 1. The number of nitriles is 1. The highest BCUT2D eigenvalue weighted by atomic mass is 16.5. The van der Waals surface area contributed by atoms with E-state index in [1.165, 1.54) is 0 Å². The van der Waals surface area contributed by atoms with E-state index >= 15 is 0 Å². The van der Waals surface area contributed by atoms with Gasteiger partial charge in [-0.05, 0) is 23.9 Å². The minimum Gasteiger partial charge on any atom is -0.450 e.